The van der Waals surface area contributed by atoms with Gasteiger partial charge in [0.25, 0.3) is 0 Å². The largest absolute Gasteiger partial charge is 0.356 e. The van der Waals surface area contributed by atoms with E-state index in [1.807, 2.05) is 43.0 Å². The summed E-state index contributed by atoms with van der Waals surface area (Å²) in [6, 6.07) is 7.13. The van der Waals surface area contributed by atoms with Gasteiger partial charge in [-0.3, -0.25) is 9.59 Å². The van der Waals surface area contributed by atoms with Gasteiger partial charge in [0, 0.05) is 31.7 Å². The van der Waals surface area contributed by atoms with Crippen LogP contribution in [0.4, 0.5) is 10.5 Å². The highest BCUT2D eigenvalue weighted by atomic mass is 16.2. The third-order valence-corrected chi connectivity index (χ3v) is 6.94. The van der Waals surface area contributed by atoms with Crippen LogP contribution >= 0.6 is 0 Å². The zero-order valence-corrected chi connectivity index (χ0v) is 17.2. The van der Waals surface area contributed by atoms with Crippen LogP contribution in [-0.2, 0) is 16.1 Å². The highest BCUT2D eigenvalue weighted by Crippen LogP contribution is 2.38. The van der Waals surface area contributed by atoms with Crippen LogP contribution < -0.4 is 10.6 Å². The molecule has 29 heavy (non-hydrogen) atoms. The van der Waals surface area contributed by atoms with Crippen molar-refractivity contribution in [1.29, 1.82) is 0 Å². The number of likely N-dealkylation sites (tertiary alicyclic amines) is 1. The molecule has 0 aliphatic carbocycles. The highest BCUT2D eigenvalue weighted by molar-refractivity contribution is 5.98. The van der Waals surface area contributed by atoms with E-state index in [2.05, 4.69) is 10.6 Å². The molecule has 0 radical (unpaired) electrons. The van der Waals surface area contributed by atoms with Crippen molar-refractivity contribution in [3.8, 4) is 0 Å². The lowest BCUT2D eigenvalue weighted by atomic mass is 9.78. The van der Waals surface area contributed by atoms with Crippen LogP contribution in [-0.4, -0.2) is 53.3 Å². The molecule has 0 aromatic heterocycles. The molecular formula is C22H30N4O3. The molecule has 3 heterocycles. The molecule has 156 valence electrons. The molecule has 2 atom stereocenters. The molecule has 0 saturated carbocycles. The maximum absolute atomic E-state index is 13.5. The van der Waals surface area contributed by atoms with Crippen molar-refractivity contribution in [1.82, 2.24) is 15.1 Å². The molecule has 3 aliphatic heterocycles. The fourth-order valence-electron chi connectivity index (χ4n) is 4.84. The first kappa shape index (κ1) is 19.7. The van der Waals surface area contributed by atoms with E-state index >= 15 is 0 Å². The Morgan fingerprint density at radius 1 is 1.24 bits per heavy atom. The van der Waals surface area contributed by atoms with Gasteiger partial charge in [-0.15, -0.1) is 0 Å². The summed E-state index contributed by atoms with van der Waals surface area (Å²) in [6.07, 6.45) is 3.02. The maximum atomic E-state index is 13.5. The number of rotatable bonds is 2. The molecule has 7 nitrogen and oxygen atoms in total. The number of carbonyl (C=O) groups excluding carboxylic acids is 3. The van der Waals surface area contributed by atoms with Gasteiger partial charge in [-0.2, -0.15) is 0 Å². The molecule has 1 aromatic carbocycles. The summed E-state index contributed by atoms with van der Waals surface area (Å²) in [4.78, 5) is 41.9. The molecule has 3 aliphatic rings. The number of benzene rings is 1. The Labute approximate surface area is 171 Å². The first-order chi connectivity index (χ1) is 13.9. The number of carbonyl (C=O) groups is 3. The molecule has 0 bridgehead atoms. The molecule has 4 amide bonds. The van der Waals surface area contributed by atoms with Crippen molar-refractivity contribution in [2.24, 2.45) is 11.3 Å². The molecule has 2 unspecified atom stereocenters. The second kappa shape index (κ2) is 7.69. The quantitative estimate of drug-likeness (QED) is 0.803. The number of hydrogen-bond donors (Lipinski definition) is 2. The van der Waals surface area contributed by atoms with Crippen LogP contribution in [0.25, 0.3) is 0 Å². The van der Waals surface area contributed by atoms with E-state index in [0.29, 0.717) is 32.6 Å². The van der Waals surface area contributed by atoms with E-state index in [4.69, 9.17) is 0 Å². The van der Waals surface area contributed by atoms with Gasteiger partial charge in [0.05, 0.1) is 6.54 Å². The SMILES string of the molecule is CCC(C)C1C(=O)Nc2ccccc2CN1C(=O)N1CCC2(CC1)CNC(=O)C2. The number of nitrogens with one attached hydrogen (secondary N) is 2. The number of piperidine rings is 1. The molecule has 2 fully saturated rings. The third kappa shape index (κ3) is 3.70. The fraction of sp³-hybridized carbons (Fsp3) is 0.591. The molecule has 2 saturated heterocycles. The predicted octanol–water partition coefficient (Wildman–Crippen LogP) is 2.58. The van der Waals surface area contributed by atoms with E-state index in [9.17, 15) is 14.4 Å². The zero-order valence-electron chi connectivity index (χ0n) is 17.2. The van der Waals surface area contributed by atoms with E-state index in [-0.39, 0.29) is 29.2 Å². The van der Waals surface area contributed by atoms with Crippen molar-refractivity contribution >= 4 is 23.5 Å². The average Bonchev–Trinajstić information content (AvgIpc) is 3.00. The summed E-state index contributed by atoms with van der Waals surface area (Å²) in [5, 5.41) is 5.96. The van der Waals surface area contributed by atoms with E-state index in [1.54, 1.807) is 4.90 Å². The number of nitrogens with zero attached hydrogens (tertiary/aromatic N) is 2. The minimum atomic E-state index is -0.495. The van der Waals surface area contributed by atoms with Crippen molar-refractivity contribution in [2.45, 2.75) is 52.1 Å². The summed E-state index contributed by atoms with van der Waals surface area (Å²) in [5.74, 6) is 0.0557. The lowest BCUT2D eigenvalue weighted by molar-refractivity contribution is -0.122. The number of hydrogen-bond acceptors (Lipinski definition) is 3. The van der Waals surface area contributed by atoms with E-state index in [0.717, 1.165) is 30.5 Å². The first-order valence-electron chi connectivity index (χ1n) is 10.6. The van der Waals surface area contributed by atoms with Crippen LogP contribution in [0.1, 0.15) is 45.1 Å². The lowest BCUT2D eigenvalue weighted by Crippen LogP contribution is -2.55. The van der Waals surface area contributed by atoms with Gasteiger partial charge >= 0.3 is 6.03 Å². The van der Waals surface area contributed by atoms with Gasteiger partial charge in [-0.05, 0) is 35.8 Å². The number of urea groups is 1. The van der Waals surface area contributed by atoms with Crippen molar-refractivity contribution in [2.75, 3.05) is 25.0 Å². The highest BCUT2D eigenvalue weighted by Gasteiger charge is 2.44. The van der Waals surface area contributed by atoms with Crippen LogP contribution in [0.2, 0.25) is 0 Å². The third-order valence-electron chi connectivity index (χ3n) is 6.94. The van der Waals surface area contributed by atoms with Crippen LogP contribution in [0.5, 0.6) is 0 Å². The van der Waals surface area contributed by atoms with Crippen molar-refractivity contribution in [3.05, 3.63) is 29.8 Å². The van der Waals surface area contributed by atoms with E-state index < -0.39 is 6.04 Å². The average molecular weight is 399 g/mol. The summed E-state index contributed by atoms with van der Waals surface area (Å²) < 4.78 is 0. The molecular weight excluding hydrogens is 368 g/mol. The van der Waals surface area contributed by atoms with Gasteiger partial charge < -0.3 is 20.4 Å². The monoisotopic (exact) mass is 398 g/mol. The minimum Gasteiger partial charge on any atom is -0.356 e. The topological polar surface area (TPSA) is 81.8 Å². The van der Waals surface area contributed by atoms with Crippen LogP contribution in [0, 0.1) is 11.3 Å². The van der Waals surface area contributed by atoms with E-state index in [1.165, 1.54) is 0 Å². The Bertz CT molecular complexity index is 816. The maximum Gasteiger partial charge on any atom is 0.321 e. The summed E-state index contributed by atoms with van der Waals surface area (Å²) in [6.45, 7) is 6.46. The summed E-state index contributed by atoms with van der Waals surface area (Å²) in [7, 11) is 0. The van der Waals surface area contributed by atoms with Crippen LogP contribution in [0.15, 0.2) is 24.3 Å². The van der Waals surface area contributed by atoms with Crippen molar-refractivity contribution in [3.63, 3.8) is 0 Å². The normalized spacial score (nSPS) is 24.6. The first-order valence-corrected chi connectivity index (χ1v) is 10.6. The van der Waals surface area contributed by atoms with Gasteiger partial charge in [0.2, 0.25) is 11.8 Å². The molecule has 7 heteroatoms. The molecule has 2 N–H and O–H groups in total. The van der Waals surface area contributed by atoms with Crippen LogP contribution in [0.3, 0.4) is 0 Å². The van der Waals surface area contributed by atoms with Gasteiger partial charge in [0.1, 0.15) is 6.04 Å². The zero-order chi connectivity index (χ0) is 20.6. The van der Waals surface area contributed by atoms with Gasteiger partial charge in [0.15, 0.2) is 0 Å². The second-order valence-electron chi connectivity index (χ2n) is 8.83. The molecule has 4 rings (SSSR count). The Kier molecular flexibility index (Phi) is 5.23. The lowest BCUT2D eigenvalue weighted by Gasteiger charge is -2.42. The Hall–Kier alpha value is -2.57. The second-order valence-corrected chi connectivity index (χ2v) is 8.83. The Morgan fingerprint density at radius 3 is 2.62 bits per heavy atom. The van der Waals surface area contributed by atoms with Gasteiger partial charge in [-0.1, -0.05) is 38.5 Å². The standard InChI is InChI=1S/C22H30N4O3/c1-3-15(2)19-20(28)24-17-7-5-4-6-16(17)13-26(19)21(29)25-10-8-22(9-11-25)12-18(27)23-14-22/h4-7,15,19H,3,8-14H2,1-2H3,(H,23,27)(H,24,28). The molecule has 1 spiro atoms. The Morgan fingerprint density at radius 2 is 1.97 bits per heavy atom. The molecule has 1 aromatic rings. The minimum absolute atomic E-state index is 0.00721. The van der Waals surface area contributed by atoms with Gasteiger partial charge in [-0.25, -0.2) is 4.79 Å². The van der Waals surface area contributed by atoms with Crippen molar-refractivity contribution < 1.29 is 14.4 Å². The number of anilines is 1. The summed E-state index contributed by atoms with van der Waals surface area (Å²) in [5.41, 5.74) is 1.74. The number of fused-ring (bicyclic) bond motifs is 1. The summed E-state index contributed by atoms with van der Waals surface area (Å²) >= 11 is 0. The Balaban J connectivity index is 1.56. The number of para-hydroxylation sites is 1. The fourth-order valence-corrected chi connectivity index (χ4v) is 4.84. The smallest absolute Gasteiger partial charge is 0.321 e. The number of amides is 4. The predicted molar refractivity (Wildman–Crippen MR) is 110 cm³/mol.